The van der Waals surface area contributed by atoms with Gasteiger partial charge in [0.25, 0.3) is 0 Å². The molecule has 0 spiro atoms. The van der Waals surface area contributed by atoms with Crippen LogP contribution >= 0.6 is 11.8 Å². The van der Waals surface area contributed by atoms with Gasteiger partial charge in [0.1, 0.15) is 0 Å². The minimum Gasteiger partial charge on any atom is -0.354 e. The number of rotatable bonds is 4. The molecule has 1 aliphatic rings. The fraction of sp³-hybridized carbons (Fsp3) is 0.889. The van der Waals surface area contributed by atoms with Gasteiger partial charge in [0.2, 0.25) is 5.91 Å². The van der Waals surface area contributed by atoms with Gasteiger partial charge in [-0.2, -0.15) is 13.2 Å². The van der Waals surface area contributed by atoms with Crippen molar-refractivity contribution >= 4 is 17.7 Å². The second-order valence-electron chi connectivity index (χ2n) is 3.78. The first-order valence-electron chi connectivity index (χ1n) is 5.12. The van der Waals surface area contributed by atoms with E-state index in [4.69, 9.17) is 0 Å². The molecule has 0 radical (unpaired) electrons. The van der Waals surface area contributed by atoms with Crippen LogP contribution in [0.25, 0.3) is 0 Å². The van der Waals surface area contributed by atoms with Crippen molar-refractivity contribution < 1.29 is 18.0 Å². The molecule has 1 saturated heterocycles. The van der Waals surface area contributed by atoms with Gasteiger partial charge in [0.05, 0.1) is 6.04 Å². The average Bonchev–Trinajstić information content (AvgIpc) is 2.57. The van der Waals surface area contributed by atoms with Crippen molar-refractivity contribution in [1.29, 1.82) is 0 Å². The summed E-state index contributed by atoms with van der Waals surface area (Å²) in [5.74, 6) is -0.0980. The summed E-state index contributed by atoms with van der Waals surface area (Å²) in [6, 6.07) is -0.254. The molecule has 1 rings (SSSR count). The van der Waals surface area contributed by atoms with Crippen LogP contribution in [0.5, 0.6) is 0 Å². The molecule has 3 nitrogen and oxygen atoms in total. The first-order chi connectivity index (χ1) is 7.40. The van der Waals surface area contributed by atoms with E-state index in [2.05, 4.69) is 10.6 Å². The highest BCUT2D eigenvalue weighted by molar-refractivity contribution is 8.00. The van der Waals surface area contributed by atoms with Crippen molar-refractivity contribution in [3.63, 3.8) is 0 Å². The Bertz CT molecular complexity index is 247. The quantitative estimate of drug-likeness (QED) is 0.746. The van der Waals surface area contributed by atoms with Crippen LogP contribution in [0.1, 0.15) is 13.3 Å². The second-order valence-corrected chi connectivity index (χ2v) is 4.94. The molecule has 16 heavy (non-hydrogen) atoms. The molecule has 2 atom stereocenters. The molecular weight excluding hydrogens is 241 g/mol. The fourth-order valence-electron chi connectivity index (χ4n) is 1.64. The van der Waals surface area contributed by atoms with Crippen molar-refractivity contribution in [2.45, 2.75) is 24.9 Å². The van der Waals surface area contributed by atoms with Gasteiger partial charge in [-0.15, -0.1) is 0 Å². The number of carbonyl (C=O) groups is 1. The number of thioether (sulfide) groups is 1. The summed E-state index contributed by atoms with van der Waals surface area (Å²) in [5, 5.41) is 5.53. The number of carbonyl (C=O) groups excluding carboxylic acids is 1. The largest absolute Gasteiger partial charge is 0.441 e. The highest BCUT2D eigenvalue weighted by Gasteiger charge is 2.30. The Morgan fingerprint density at radius 2 is 2.25 bits per heavy atom. The van der Waals surface area contributed by atoms with Crippen molar-refractivity contribution in [3.05, 3.63) is 0 Å². The Kier molecular flexibility index (Phi) is 4.91. The van der Waals surface area contributed by atoms with Crippen LogP contribution < -0.4 is 10.6 Å². The fourth-order valence-corrected chi connectivity index (χ4v) is 2.07. The van der Waals surface area contributed by atoms with E-state index in [1.165, 1.54) is 0 Å². The van der Waals surface area contributed by atoms with Gasteiger partial charge >= 0.3 is 5.51 Å². The summed E-state index contributed by atoms with van der Waals surface area (Å²) in [6.07, 6.45) is 0.926. The maximum absolute atomic E-state index is 11.8. The first-order valence-corrected chi connectivity index (χ1v) is 6.10. The lowest BCUT2D eigenvalue weighted by Gasteiger charge is -2.15. The molecule has 0 saturated carbocycles. The van der Waals surface area contributed by atoms with Crippen molar-refractivity contribution in [3.8, 4) is 0 Å². The maximum Gasteiger partial charge on any atom is 0.441 e. The Hall–Kier alpha value is -0.430. The number of hydrogen-bond donors (Lipinski definition) is 2. The Balaban J connectivity index is 2.15. The molecule has 0 bridgehead atoms. The van der Waals surface area contributed by atoms with E-state index >= 15 is 0 Å². The van der Waals surface area contributed by atoms with E-state index in [-0.39, 0.29) is 41.9 Å². The summed E-state index contributed by atoms with van der Waals surface area (Å²) < 4.78 is 35.3. The summed E-state index contributed by atoms with van der Waals surface area (Å²) >= 11 is -0.116. The van der Waals surface area contributed by atoms with Gasteiger partial charge < -0.3 is 10.6 Å². The van der Waals surface area contributed by atoms with E-state index < -0.39 is 5.51 Å². The molecular formula is C9H15F3N2OS. The monoisotopic (exact) mass is 256 g/mol. The summed E-state index contributed by atoms with van der Waals surface area (Å²) in [6.45, 7) is 2.79. The molecule has 1 amide bonds. The van der Waals surface area contributed by atoms with Crippen molar-refractivity contribution in [2.24, 2.45) is 5.92 Å². The van der Waals surface area contributed by atoms with Gasteiger partial charge in [-0.1, -0.05) is 6.92 Å². The van der Waals surface area contributed by atoms with Crippen LogP contribution in [-0.4, -0.2) is 36.3 Å². The average molecular weight is 256 g/mol. The number of halogens is 3. The third-order valence-electron chi connectivity index (χ3n) is 2.48. The molecule has 0 aliphatic carbocycles. The third-order valence-corrected chi connectivity index (χ3v) is 3.22. The third kappa shape index (κ3) is 4.61. The molecule has 94 valence electrons. The van der Waals surface area contributed by atoms with E-state index in [9.17, 15) is 18.0 Å². The standard InChI is InChI=1S/C9H15F3N2OS/c1-6-2-3-13-7(6)8(15)14-4-5-16-9(10,11)12/h6-7,13H,2-5H2,1H3,(H,14,15). The topological polar surface area (TPSA) is 41.1 Å². The first kappa shape index (κ1) is 13.6. The van der Waals surface area contributed by atoms with Crippen LogP contribution in [0, 0.1) is 5.92 Å². The summed E-state index contributed by atoms with van der Waals surface area (Å²) in [4.78, 5) is 11.5. The zero-order valence-corrected chi connectivity index (χ0v) is 9.75. The Morgan fingerprint density at radius 1 is 1.56 bits per heavy atom. The molecule has 1 aliphatic heterocycles. The molecule has 0 aromatic heterocycles. The molecule has 2 N–H and O–H groups in total. The lowest BCUT2D eigenvalue weighted by molar-refractivity contribution is -0.123. The Labute approximate surface area is 96.5 Å². The van der Waals surface area contributed by atoms with Gasteiger partial charge in [-0.05, 0) is 30.6 Å². The smallest absolute Gasteiger partial charge is 0.354 e. The molecule has 7 heteroatoms. The van der Waals surface area contributed by atoms with Crippen LogP contribution in [0.2, 0.25) is 0 Å². The predicted molar refractivity (Wildman–Crippen MR) is 57.1 cm³/mol. The van der Waals surface area contributed by atoms with Crippen LogP contribution in [-0.2, 0) is 4.79 Å². The highest BCUT2D eigenvalue weighted by Crippen LogP contribution is 2.29. The summed E-state index contributed by atoms with van der Waals surface area (Å²) in [5.41, 5.74) is -4.22. The highest BCUT2D eigenvalue weighted by atomic mass is 32.2. The SMILES string of the molecule is CC1CCNC1C(=O)NCCSC(F)(F)F. The van der Waals surface area contributed by atoms with E-state index in [0.29, 0.717) is 0 Å². The van der Waals surface area contributed by atoms with Crippen molar-refractivity contribution in [2.75, 3.05) is 18.8 Å². The minimum atomic E-state index is -4.22. The Morgan fingerprint density at radius 3 is 2.75 bits per heavy atom. The van der Waals surface area contributed by atoms with Gasteiger partial charge in [0.15, 0.2) is 0 Å². The second kappa shape index (κ2) is 5.77. The zero-order chi connectivity index (χ0) is 12.2. The van der Waals surface area contributed by atoms with E-state index in [1.54, 1.807) is 0 Å². The van der Waals surface area contributed by atoms with Gasteiger partial charge in [-0.25, -0.2) is 0 Å². The maximum atomic E-state index is 11.8. The lowest BCUT2D eigenvalue weighted by Crippen LogP contribution is -2.44. The zero-order valence-electron chi connectivity index (χ0n) is 8.93. The summed E-state index contributed by atoms with van der Waals surface area (Å²) in [7, 11) is 0. The number of hydrogen-bond acceptors (Lipinski definition) is 3. The lowest BCUT2D eigenvalue weighted by atomic mass is 10.0. The molecule has 1 fully saturated rings. The minimum absolute atomic E-state index is 0.0495. The predicted octanol–water partition coefficient (Wildman–Crippen LogP) is 1.35. The van der Waals surface area contributed by atoms with Crippen molar-refractivity contribution in [1.82, 2.24) is 10.6 Å². The molecule has 1 heterocycles. The van der Waals surface area contributed by atoms with Crippen LogP contribution in [0.4, 0.5) is 13.2 Å². The number of amides is 1. The molecule has 0 aromatic rings. The number of nitrogens with one attached hydrogen (secondary N) is 2. The van der Waals surface area contributed by atoms with Gasteiger partial charge in [0, 0.05) is 12.3 Å². The van der Waals surface area contributed by atoms with Crippen LogP contribution in [0.3, 0.4) is 0 Å². The molecule has 0 aromatic carbocycles. The molecule has 2 unspecified atom stereocenters. The van der Waals surface area contributed by atoms with Crippen LogP contribution in [0.15, 0.2) is 0 Å². The normalized spacial score (nSPS) is 25.8. The van der Waals surface area contributed by atoms with E-state index in [0.717, 1.165) is 13.0 Å². The van der Waals surface area contributed by atoms with E-state index in [1.807, 2.05) is 6.92 Å². The van der Waals surface area contributed by atoms with Gasteiger partial charge in [-0.3, -0.25) is 4.79 Å². The number of alkyl halides is 3.